The minimum Gasteiger partial charge on any atom is -0.330 e. The van der Waals surface area contributed by atoms with Crippen LogP contribution in [0, 0.1) is 0 Å². The molecule has 2 aromatic heterocycles. The normalized spacial score (nSPS) is 16.3. The number of hydrogen-bond donors (Lipinski definition) is 1. The van der Waals surface area contributed by atoms with Crippen LogP contribution < -0.4 is 5.32 Å². The van der Waals surface area contributed by atoms with Crippen molar-refractivity contribution >= 4 is 28.8 Å². The van der Waals surface area contributed by atoms with Gasteiger partial charge < -0.3 is 10.2 Å². The molecular formula is C17H20N4O2S. The van der Waals surface area contributed by atoms with Crippen LogP contribution in [0.3, 0.4) is 0 Å². The van der Waals surface area contributed by atoms with E-state index in [1.807, 2.05) is 0 Å². The summed E-state index contributed by atoms with van der Waals surface area (Å²) in [6, 6.07) is 3.34. The quantitative estimate of drug-likeness (QED) is 0.869. The van der Waals surface area contributed by atoms with Crippen LogP contribution in [0.15, 0.2) is 24.5 Å². The number of anilines is 1. The van der Waals surface area contributed by atoms with E-state index in [4.69, 9.17) is 0 Å². The number of pyridine rings is 1. The Labute approximate surface area is 144 Å². The summed E-state index contributed by atoms with van der Waals surface area (Å²) >= 11 is 1.66. The molecule has 0 bridgehead atoms. The van der Waals surface area contributed by atoms with Gasteiger partial charge in [-0.05, 0) is 37.8 Å². The summed E-state index contributed by atoms with van der Waals surface area (Å²) in [5, 5.41) is 3.69. The summed E-state index contributed by atoms with van der Waals surface area (Å²) in [6.07, 6.45) is 6.81. The summed E-state index contributed by atoms with van der Waals surface area (Å²) < 4.78 is 0. The fraction of sp³-hybridized carbons (Fsp3) is 0.412. The average molecular weight is 344 g/mol. The van der Waals surface area contributed by atoms with Gasteiger partial charge in [0.25, 0.3) is 0 Å². The Kier molecular flexibility index (Phi) is 4.89. The van der Waals surface area contributed by atoms with E-state index in [0.717, 1.165) is 41.3 Å². The number of amides is 2. The molecular weight excluding hydrogens is 324 g/mol. The highest BCUT2D eigenvalue weighted by Gasteiger charge is 2.32. The van der Waals surface area contributed by atoms with Crippen molar-refractivity contribution in [2.75, 3.05) is 12.4 Å². The number of aryl methyl sites for hydroxylation is 2. The number of aromatic nitrogens is 2. The SMILES string of the molecule is CCc1nc2c(s1)[C@@H](N(C)C(=O)C(=O)Nc1cccnc1)CCC2. The first-order valence-corrected chi connectivity index (χ1v) is 8.88. The molecule has 1 aliphatic carbocycles. The molecule has 0 saturated carbocycles. The maximum Gasteiger partial charge on any atom is 0.313 e. The Morgan fingerprint density at radius 2 is 2.29 bits per heavy atom. The van der Waals surface area contributed by atoms with E-state index < -0.39 is 11.8 Å². The summed E-state index contributed by atoms with van der Waals surface area (Å²) in [4.78, 5) is 36.0. The average Bonchev–Trinajstić information content (AvgIpc) is 3.04. The number of thiazole rings is 1. The fourth-order valence-corrected chi connectivity index (χ4v) is 4.12. The van der Waals surface area contributed by atoms with Crippen molar-refractivity contribution in [3.8, 4) is 0 Å². The van der Waals surface area contributed by atoms with Crippen LogP contribution in [0.5, 0.6) is 0 Å². The molecule has 0 fully saturated rings. The van der Waals surface area contributed by atoms with Crippen molar-refractivity contribution in [3.05, 3.63) is 40.1 Å². The van der Waals surface area contributed by atoms with Gasteiger partial charge in [-0.2, -0.15) is 0 Å². The molecule has 3 rings (SSSR count). The Morgan fingerprint density at radius 1 is 1.46 bits per heavy atom. The maximum atomic E-state index is 12.5. The van der Waals surface area contributed by atoms with Crippen molar-refractivity contribution < 1.29 is 9.59 Å². The summed E-state index contributed by atoms with van der Waals surface area (Å²) in [5.41, 5.74) is 1.60. The van der Waals surface area contributed by atoms with Crippen LogP contribution >= 0.6 is 11.3 Å². The molecule has 0 unspecified atom stereocenters. The topological polar surface area (TPSA) is 75.2 Å². The second kappa shape index (κ2) is 7.09. The minimum atomic E-state index is -0.641. The van der Waals surface area contributed by atoms with E-state index in [2.05, 4.69) is 22.2 Å². The van der Waals surface area contributed by atoms with Gasteiger partial charge in [0.15, 0.2) is 0 Å². The molecule has 2 aromatic rings. The monoisotopic (exact) mass is 344 g/mol. The smallest absolute Gasteiger partial charge is 0.313 e. The van der Waals surface area contributed by atoms with Crippen molar-refractivity contribution in [3.63, 3.8) is 0 Å². The molecule has 2 heterocycles. The number of nitrogens with zero attached hydrogens (tertiary/aromatic N) is 3. The highest BCUT2D eigenvalue weighted by atomic mass is 32.1. The lowest BCUT2D eigenvalue weighted by atomic mass is 9.97. The zero-order valence-corrected chi connectivity index (χ0v) is 14.6. The van der Waals surface area contributed by atoms with Crippen LogP contribution in [-0.4, -0.2) is 33.7 Å². The predicted octanol–water partition coefficient (Wildman–Crippen LogP) is 2.58. The first-order chi connectivity index (χ1) is 11.6. The Bertz CT molecular complexity index is 744. The lowest BCUT2D eigenvalue weighted by Crippen LogP contribution is -2.40. The van der Waals surface area contributed by atoms with E-state index in [-0.39, 0.29) is 6.04 Å². The Balaban J connectivity index is 1.74. The zero-order valence-electron chi connectivity index (χ0n) is 13.8. The molecule has 24 heavy (non-hydrogen) atoms. The molecule has 126 valence electrons. The van der Waals surface area contributed by atoms with Crippen LogP contribution in [0.2, 0.25) is 0 Å². The molecule has 1 N–H and O–H groups in total. The van der Waals surface area contributed by atoms with Crippen LogP contribution in [0.25, 0.3) is 0 Å². The molecule has 1 aliphatic rings. The number of hydrogen-bond acceptors (Lipinski definition) is 5. The van der Waals surface area contributed by atoms with Gasteiger partial charge in [-0.1, -0.05) is 6.92 Å². The van der Waals surface area contributed by atoms with Crippen LogP contribution in [-0.2, 0) is 22.4 Å². The van der Waals surface area contributed by atoms with Gasteiger partial charge in [-0.15, -0.1) is 11.3 Å². The molecule has 0 radical (unpaired) electrons. The molecule has 7 heteroatoms. The van der Waals surface area contributed by atoms with Crippen molar-refractivity contribution in [2.24, 2.45) is 0 Å². The van der Waals surface area contributed by atoms with Gasteiger partial charge in [-0.25, -0.2) is 4.98 Å². The third-order valence-corrected chi connectivity index (χ3v) is 5.51. The second-order valence-corrected chi connectivity index (χ2v) is 6.91. The molecule has 0 aliphatic heterocycles. The summed E-state index contributed by atoms with van der Waals surface area (Å²) in [7, 11) is 1.69. The van der Waals surface area contributed by atoms with Crippen LogP contribution in [0.4, 0.5) is 5.69 Å². The molecule has 0 saturated heterocycles. The number of rotatable bonds is 3. The Hall–Kier alpha value is -2.28. The van der Waals surface area contributed by atoms with E-state index in [1.54, 1.807) is 41.6 Å². The largest absolute Gasteiger partial charge is 0.330 e. The maximum absolute atomic E-state index is 12.5. The van der Waals surface area contributed by atoms with Gasteiger partial charge in [0.2, 0.25) is 0 Å². The van der Waals surface area contributed by atoms with Gasteiger partial charge in [0, 0.05) is 13.2 Å². The van der Waals surface area contributed by atoms with Gasteiger partial charge in [0.05, 0.1) is 33.5 Å². The van der Waals surface area contributed by atoms with E-state index in [9.17, 15) is 9.59 Å². The predicted molar refractivity (Wildman–Crippen MR) is 92.8 cm³/mol. The van der Waals surface area contributed by atoms with E-state index in [1.165, 1.54) is 6.20 Å². The number of fused-ring (bicyclic) bond motifs is 1. The van der Waals surface area contributed by atoms with Gasteiger partial charge in [-0.3, -0.25) is 14.6 Å². The first kappa shape index (κ1) is 16.6. The van der Waals surface area contributed by atoms with Crippen molar-refractivity contribution in [1.82, 2.24) is 14.9 Å². The van der Waals surface area contributed by atoms with Crippen molar-refractivity contribution in [2.45, 2.75) is 38.6 Å². The van der Waals surface area contributed by atoms with Gasteiger partial charge in [0.1, 0.15) is 0 Å². The summed E-state index contributed by atoms with van der Waals surface area (Å²) in [6.45, 7) is 2.08. The minimum absolute atomic E-state index is 0.0706. The molecule has 6 nitrogen and oxygen atoms in total. The molecule has 1 atom stereocenters. The number of likely N-dealkylation sites (N-methyl/N-ethyl adjacent to an activating group) is 1. The number of carbonyl (C=O) groups is 2. The highest BCUT2D eigenvalue weighted by molar-refractivity contribution is 7.11. The van der Waals surface area contributed by atoms with Crippen molar-refractivity contribution in [1.29, 1.82) is 0 Å². The third kappa shape index (κ3) is 3.31. The third-order valence-electron chi connectivity index (χ3n) is 4.17. The zero-order chi connectivity index (χ0) is 17.1. The standard InChI is InChI=1S/C17H20N4O2S/c1-3-14-20-12-7-4-8-13(15(12)24-14)21(2)17(23)16(22)19-11-6-5-9-18-10-11/h5-6,9-10,13H,3-4,7-8H2,1-2H3,(H,19,22)/t13-/m0/s1. The lowest BCUT2D eigenvalue weighted by molar-refractivity contribution is -0.143. The number of carbonyl (C=O) groups excluding carboxylic acids is 2. The second-order valence-electron chi connectivity index (χ2n) is 5.79. The lowest BCUT2D eigenvalue weighted by Gasteiger charge is -2.30. The van der Waals surface area contributed by atoms with E-state index in [0.29, 0.717) is 5.69 Å². The molecule has 0 spiro atoms. The van der Waals surface area contributed by atoms with Gasteiger partial charge >= 0.3 is 11.8 Å². The highest BCUT2D eigenvalue weighted by Crippen LogP contribution is 2.37. The summed E-state index contributed by atoms with van der Waals surface area (Å²) in [5.74, 6) is -1.18. The van der Waals surface area contributed by atoms with E-state index >= 15 is 0 Å². The molecule has 0 aromatic carbocycles. The van der Waals surface area contributed by atoms with Crippen LogP contribution in [0.1, 0.15) is 41.4 Å². The fourth-order valence-electron chi connectivity index (χ4n) is 2.89. The molecule has 2 amide bonds. The first-order valence-electron chi connectivity index (χ1n) is 8.06. The Morgan fingerprint density at radius 3 is 3.00 bits per heavy atom. The number of nitrogens with one attached hydrogen (secondary N) is 1.